The van der Waals surface area contributed by atoms with Gasteiger partial charge in [0.05, 0.1) is 12.3 Å². The molecule has 2 aromatic rings. The van der Waals surface area contributed by atoms with Gasteiger partial charge in [-0.25, -0.2) is 8.42 Å². The largest absolute Gasteiger partial charge is 0.363 e. The van der Waals surface area contributed by atoms with Gasteiger partial charge in [0.2, 0.25) is 10.0 Å². The third kappa shape index (κ3) is 4.51. The van der Waals surface area contributed by atoms with E-state index in [0.29, 0.717) is 23.5 Å². The molecule has 0 spiro atoms. The number of quaternary nitrogens is 1. The van der Waals surface area contributed by atoms with E-state index in [9.17, 15) is 8.42 Å². The zero-order valence-corrected chi connectivity index (χ0v) is 12.9. The lowest BCUT2D eigenvalue weighted by Gasteiger charge is -2.15. The summed E-state index contributed by atoms with van der Waals surface area (Å²) in [5, 5.41) is 0. The third-order valence-corrected chi connectivity index (χ3v) is 3.99. The molecule has 0 aliphatic heterocycles. The van der Waals surface area contributed by atoms with Crippen molar-refractivity contribution in [2.24, 2.45) is 0 Å². The number of benzene rings is 1. The van der Waals surface area contributed by atoms with Crippen LogP contribution in [0.25, 0.3) is 4.72 Å². The summed E-state index contributed by atoms with van der Waals surface area (Å²) in [4.78, 5) is 8.05. The van der Waals surface area contributed by atoms with Gasteiger partial charge >= 0.3 is 0 Å². The lowest BCUT2D eigenvalue weighted by atomic mass is 10.1. The van der Waals surface area contributed by atoms with Crippen molar-refractivity contribution in [1.82, 2.24) is 9.97 Å². The monoisotopic (exact) mass is 306 g/mol. The molecule has 0 saturated carbocycles. The smallest absolute Gasteiger partial charge is 0.204 e. The molecular weight excluding hydrogens is 288 g/mol. The van der Waals surface area contributed by atoms with E-state index in [0.717, 1.165) is 5.56 Å². The van der Waals surface area contributed by atoms with Crippen molar-refractivity contribution in [3.8, 4) is 0 Å². The van der Waals surface area contributed by atoms with Crippen LogP contribution in [0.15, 0.2) is 30.3 Å². The van der Waals surface area contributed by atoms with Gasteiger partial charge in [-0.2, -0.15) is 0 Å². The summed E-state index contributed by atoms with van der Waals surface area (Å²) in [6.45, 7) is 4.23. The fourth-order valence-corrected chi connectivity index (χ4v) is 2.93. The van der Waals surface area contributed by atoms with Crippen LogP contribution >= 0.6 is 0 Å². The van der Waals surface area contributed by atoms with E-state index in [1.54, 1.807) is 32.0 Å². The van der Waals surface area contributed by atoms with Crippen LogP contribution in [0.4, 0.5) is 5.95 Å². The van der Waals surface area contributed by atoms with Crippen LogP contribution in [0.5, 0.6) is 0 Å². The van der Waals surface area contributed by atoms with Crippen LogP contribution < -0.4 is 5.73 Å². The molecule has 7 heteroatoms. The summed E-state index contributed by atoms with van der Waals surface area (Å²) < 4.78 is 27.9. The van der Waals surface area contributed by atoms with E-state index in [2.05, 4.69) is 20.4 Å². The normalized spacial score (nSPS) is 11.4. The van der Waals surface area contributed by atoms with E-state index in [1.165, 1.54) is 0 Å². The maximum absolute atomic E-state index is 12.1. The van der Waals surface area contributed by atoms with Gasteiger partial charge in [-0.3, -0.25) is 4.72 Å². The van der Waals surface area contributed by atoms with Gasteiger partial charge in [0.1, 0.15) is 0 Å². The van der Waals surface area contributed by atoms with Crippen LogP contribution in [0.3, 0.4) is 0 Å². The number of nitrogens with zero attached hydrogens (tertiary/aromatic N) is 3. The van der Waals surface area contributed by atoms with Crippen molar-refractivity contribution in [1.29, 1.82) is 0 Å². The molecule has 0 amide bonds. The van der Waals surface area contributed by atoms with Crippen molar-refractivity contribution >= 4 is 16.0 Å². The summed E-state index contributed by atoms with van der Waals surface area (Å²) in [6, 6.07) is 9.05. The minimum absolute atomic E-state index is 0.0121. The lowest BCUT2D eigenvalue weighted by molar-refractivity contribution is -0.386. The maximum Gasteiger partial charge on any atom is 0.204 e. The first-order valence-electron chi connectivity index (χ1n) is 6.53. The van der Waals surface area contributed by atoms with Gasteiger partial charge in [-0.05, 0) is 30.8 Å². The Hall–Kier alpha value is -1.99. The van der Waals surface area contributed by atoms with Crippen molar-refractivity contribution in [2.75, 3.05) is 0 Å². The first-order chi connectivity index (χ1) is 9.88. The van der Waals surface area contributed by atoms with Crippen molar-refractivity contribution in [3.63, 3.8) is 0 Å². The summed E-state index contributed by atoms with van der Waals surface area (Å²) in [5.74, 6) is -0.178. The van der Waals surface area contributed by atoms with E-state index >= 15 is 0 Å². The molecule has 1 aromatic carbocycles. The number of sulfonamides is 1. The van der Waals surface area contributed by atoms with Gasteiger partial charge in [-0.1, -0.05) is 30.3 Å². The second-order valence-electron chi connectivity index (χ2n) is 4.83. The molecule has 112 valence electrons. The minimum atomic E-state index is -3.66. The molecule has 21 heavy (non-hydrogen) atoms. The SMILES string of the molecule is Cc1cc(C)nc([N-]S(=O)(=O)Cc2ccc(C[NH3+])cc2)n1. The number of hydrogen-bond acceptors (Lipinski definition) is 4. The van der Waals surface area contributed by atoms with Crippen molar-refractivity contribution < 1.29 is 14.2 Å². The molecular formula is C14H18N4O2S. The number of aryl methyl sites for hydroxylation is 2. The topological polar surface area (TPSA) is 102 Å². The van der Waals surface area contributed by atoms with Crippen molar-refractivity contribution in [3.05, 3.63) is 57.6 Å². The zero-order chi connectivity index (χ0) is 15.5. The Labute approximate surface area is 124 Å². The Morgan fingerprint density at radius 3 is 2.10 bits per heavy atom. The zero-order valence-electron chi connectivity index (χ0n) is 12.1. The first kappa shape index (κ1) is 15.4. The van der Waals surface area contributed by atoms with Crippen LogP contribution in [0, 0.1) is 13.8 Å². The molecule has 0 radical (unpaired) electrons. The maximum atomic E-state index is 12.1. The standard InChI is InChI=1S/C14H17N4O2S/c1-10-7-11(2)17-14(16-10)18-21(19,20)9-13-5-3-12(8-15)4-6-13/h3-7H,8-9,15H2,1-2H3/q-1/p+1. The van der Waals surface area contributed by atoms with Gasteiger partial charge in [-0.15, -0.1) is 0 Å². The Balaban J connectivity index is 2.14. The van der Waals surface area contributed by atoms with E-state index in [4.69, 9.17) is 0 Å². The molecule has 3 N–H and O–H groups in total. The number of hydrogen-bond donors (Lipinski definition) is 1. The molecule has 0 unspecified atom stereocenters. The highest BCUT2D eigenvalue weighted by Gasteiger charge is 2.09. The third-order valence-electron chi connectivity index (χ3n) is 2.85. The molecule has 2 rings (SSSR count). The van der Waals surface area contributed by atoms with Gasteiger partial charge < -0.3 is 15.7 Å². The van der Waals surface area contributed by atoms with E-state index < -0.39 is 10.0 Å². The summed E-state index contributed by atoms with van der Waals surface area (Å²) in [6.07, 6.45) is 0. The highest BCUT2D eigenvalue weighted by atomic mass is 32.2. The Kier molecular flexibility index (Phi) is 4.54. The second kappa shape index (κ2) is 6.19. The minimum Gasteiger partial charge on any atom is -0.363 e. The molecule has 0 atom stereocenters. The highest BCUT2D eigenvalue weighted by Crippen LogP contribution is 2.21. The molecule has 0 fully saturated rings. The molecule has 0 aliphatic carbocycles. The highest BCUT2D eigenvalue weighted by molar-refractivity contribution is 7.93. The molecule has 0 bridgehead atoms. The van der Waals surface area contributed by atoms with Crippen LogP contribution in [-0.2, 0) is 22.3 Å². The fourth-order valence-electron chi connectivity index (χ4n) is 1.92. The van der Waals surface area contributed by atoms with Crippen molar-refractivity contribution in [2.45, 2.75) is 26.1 Å². The Morgan fingerprint density at radius 2 is 1.57 bits per heavy atom. The summed E-state index contributed by atoms with van der Waals surface area (Å²) in [5.41, 5.74) is 6.90. The van der Waals surface area contributed by atoms with E-state index in [-0.39, 0.29) is 11.7 Å². The van der Waals surface area contributed by atoms with Crippen LogP contribution in [0.1, 0.15) is 22.5 Å². The Bertz CT molecular complexity index is 707. The van der Waals surface area contributed by atoms with Crippen LogP contribution in [-0.4, -0.2) is 18.4 Å². The molecule has 0 saturated heterocycles. The lowest BCUT2D eigenvalue weighted by Crippen LogP contribution is -2.47. The van der Waals surface area contributed by atoms with Gasteiger partial charge in [0, 0.05) is 11.5 Å². The fraction of sp³-hybridized carbons (Fsp3) is 0.286. The van der Waals surface area contributed by atoms with Crippen LogP contribution in [0.2, 0.25) is 0 Å². The van der Waals surface area contributed by atoms with Gasteiger partial charge in [0.25, 0.3) is 0 Å². The molecule has 0 aliphatic rings. The number of rotatable bonds is 5. The predicted octanol–water partition coefficient (Wildman–Crippen LogP) is 1.37. The first-order valence-corrected chi connectivity index (χ1v) is 8.14. The van der Waals surface area contributed by atoms with E-state index in [1.807, 2.05) is 12.1 Å². The second-order valence-corrected chi connectivity index (χ2v) is 6.47. The Morgan fingerprint density at radius 1 is 1.05 bits per heavy atom. The average Bonchev–Trinajstić information content (AvgIpc) is 2.37. The molecule has 1 heterocycles. The predicted molar refractivity (Wildman–Crippen MR) is 80.2 cm³/mol. The number of aromatic nitrogens is 2. The molecule has 6 nitrogen and oxygen atoms in total. The summed E-state index contributed by atoms with van der Waals surface area (Å²) >= 11 is 0. The average molecular weight is 306 g/mol. The summed E-state index contributed by atoms with van der Waals surface area (Å²) in [7, 11) is -3.66. The molecule has 1 aromatic heterocycles. The quantitative estimate of drug-likeness (QED) is 0.901. The van der Waals surface area contributed by atoms with Gasteiger partial charge in [0.15, 0.2) is 0 Å².